The summed E-state index contributed by atoms with van der Waals surface area (Å²) in [6, 6.07) is 0. The molecule has 0 spiro atoms. The Balaban J connectivity index is 2.98. The minimum Gasteiger partial charge on any atom is -0.466 e. The molecule has 5 nitrogen and oxygen atoms in total. The van der Waals surface area contributed by atoms with Crippen LogP contribution in [0.15, 0.2) is 4.79 Å². The normalized spacial score (nSPS) is 10.2. The standard InChI is InChI=1S/C9H10BrClN2O3/c1-2-16-7(14)3-5-6(4-10)13-9(15)8(11)12-5/h2-4H2,1H3,(H,13,15). The second-order valence-electron chi connectivity index (χ2n) is 2.90. The Kier molecular flexibility index (Phi) is 4.95. The predicted octanol–water partition coefficient (Wildman–Crippen LogP) is 1.42. The molecule has 1 aromatic heterocycles. The lowest BCUT2D eigenvalue weighted by molar-refractivity contribution is -0.142. The van der Waals surface area contributed by atoms with Crippen LogP contribution in [0.5, 0.6) is 0 Å². The average molecular weight is 310 g/mol. The van der Waals surface area contributed by atoms with Gasteiger partial charge in [-0.2, -0.15) is 0 Å². The quantitative estimate of drug-likeness (QED) is 0.674. The summed E-state index contributed by atoms with van der Waals surface area (Å²) in [5, 5.41) is 0.213. The predicted molar refractivity (Wildman–Crippen MR) is 62.8 cm³/mol. The van der Waals surface area contributed by atoms with Crippen molar-refractivity contribution in [2.24, 2.45) is 0 Å². The number of H-pyrrole nitrogens is 1. The van der Waals surface area contributed by atoms with Crippen molar-refractivity contribution in [3.63, 3.8) is 0 Å². The van der Waals surface area contributed by atoms with Crippen LogP contribution in [-0.4, -0.2) is 22.5 Å². The summed E-state index contributed by atoms with van der Waals surface area (Å²) in [7, 11) is 0. The van der Waals surface area contributed by atoms with E-state index in [0.717, 1.165) is 0 Å². The first kappa shape index (κ1) is 13.2. The number of carbonyl (C=O) groups is 1. The molecule has 0 unspecified atom stereocenters. The van der Waals surface area contributed by atoms with Crippen molar-refractivity contribution in [3.8, 4) is 0 Å². The Morgan fingerprint density at radius 2 is 2.31 bits per heavy atom. The molecule has 0 amide bonds. The van der Waals surface area contributed by atoms with E-state index in [2.05, 4.69) is 25.9 Å². The highest BCUT2D eigenvalue weighted by atomic mass is 79.9. The van der Waals surface area contributed by atoms with Crippen LogP contribution in [0.2, 0.25) is 5.15 Å². The molecule has 0 aliphatic carbocycles. The number of carbonyl (C=O) groups excluding carboxylic acids is 1. The molecule has 0 aliphatic heterocycles. The summed E-state index contributed by atoms with van der Waals surface area (Å²) < 4.78 is 4.79. The number of ether oxygens (including phenoxy) is 1. The van der Waals surface area contributed by atoms with E-state index in [4.69, 9.17) is 16.3 Å². The van der Waals surface area contributed by atoms with Crippen LogP contribution in [0.3, 0.4) is 0 Å². The lowest BCUT2D eigenvalue weighted by Crippen LogP contribution is -2.18. The third kappa shape index (κ3) is 3.31. The molecule has 0 fully saturated rings. The van der Waals surface area contributed by atoms with E-state index in [1.807, 2.05) is 0 Å². The van der Waals surface area contributed by atoms with Crippen LogP contribution in [0.25, 0.3) is 0 Å². The largest absolute Gasteiger partial charge is 0.466 e. The van der Waals surface area contributed by atoms with Gasteiger partial charge >= 0.3 is 5.97 Å². The highest BCUT2D eigenvalue weighted by molar-refractivity contribution is 9.08. The molecule has 0 saturated heterocycles. The molecule has 16 heavy (non-hydrogen) atoms. The maximum absolute atomic E-state index is 11.3. The number of nitrogens with zero attached hydrogens (tertiary/aromatic N) is 1. The van der Waals surface area contributed by atoms with Crippen molar-refractivity contribution in [1.82, 2.24) is 9.97 Å². The highest BCUT2D eigenvalue weighted by Crippen LogP contribution is 2.09. The molecule has 1 aromatic rings. The monoisotopic (exact) mass is 308 g/mol. The van der Waals surface area contributed by atoms with Gasteiger partial charge in [-0.05, 0) is 6.92 Å². The van der Waals surface area contributed by atoms with Crippen molar-refractivity contribution >= 4 is 33.5 Å². The smallest absolute Gasteiger partial charge is 0.311 e. The molecule has 0 atom stereocenters. The molecule has 0 aromatic carbocycles. The molecule has 1 heterocycles. The number of aromatic nitrogens is 2. The van der Waals surface area contributed by atoms with Crippen LogP contribution in [0.1, 0.15) is 18.3 Å². The Bertz CT molecular complexity index is 447. The van der Waals surface area contributed by atoms with Gasteiger partial charge in [0.2, 0.25) is 0 Å². The number of halogens is 2. The van der Waals surface area contributed by atoms with E-state index in [9.17, 15) is 9.59 Å². The summed E-state index contributed by atoms with van der Waals surface area (Å²) >= 11 is 8.77. The lowest BCUT2D eigenvalue weighted by atomic mass is 10.2. The SMILES string of the molecule is CCOC(=O)Cc1nc(Cl)c(=O)[nH]c1CBr. The number of nitrogens with one attached hydrogen (secondary N) is 1. The molecular formula is C9H10BrClN2O3. The molecule has 0 aliphatic rings. The van der Waals surface area contributed by atoms with E-state index >= 15 is 0 Å². The number of hydrogen-bond acceptors (Lipinski definition) is 4. The summed E-state index contributed by atoms with van der Waals surface area (Å²) in [6.07, 6.45) is -0.00866. The fourth-order valence-corrected chi connectivity index (χ4v) is 1.72. The van der Waals surface area contributed by atoms with Crippen LogP contribution < -0.4 is 5.56 Å². The van der Waals surface area contributed by atoms with Crippen molar-refractivity contribution in [3.05, 3.63) is 26.9 Å². The van der Waals surface area contributed by atoms with Crippen LogP contribution in [0, 0.1) is 0 Å². The number of esters is 1. The maximum atomic E-state index is 11.3. The lowest BCUT2D eigenvalue weighted by Gasteiger charge is -2.05. The van der Waals surface area contributed by atoms with Crippen molar-refractivity contribution in [2.45, 2.75) is 18.7 Å². The highest BCUT2D eigenvalue weighted by Gasteiger charge is 2.12. The summed E-state index contributed by atoms with van der Waals surface area (Å²) in [5.74, 6) is -0.402. The topological polar surface area (TPSA) is 72.0 Å². The second-order valence-corrected chi connectivity index (χ2v) is 3.82. The van der Waals surface area contributed by atoms with E-state index in [1.165, 1.54) is 0 Å². The van der Waals surface area contributed by atoms with E-state index in [1.54, 1.807) is 6.92 Å². The van der Waals surface area contributed by atoms with Crippen molar-refractivity contribution < 1.29 is 9.53 Å². The van der Waals surface area contributed by atoms with Gasteiger partial charge in [0, 0.05) is 5.33 Å². The van der Waals surface area contributed by atoms with Gasteiger partial charge in [-0.3, -0.25) is 9.59 Å². The number of aromatic amines is 1. The second kappa shape index (κ2) is 6.00. The Morgan fingerprint density at radius 3 is 2.88 bits per heavy atom. The first-order valence-corrected chi connectivity index (χ1v) is 6.07. The fraction of sp³-hybridized carbons (Fsp3) is 0.444. The molecule has 88 valence electrons. The van der Waals surface area contributed by atoms with E-state index < -0.39 is 11.5 Å². The Labute approximate surface area is 105 Å². The number of alkyl halides is 1. The molecule has 0 radical (unpaired) electrons. The number of hydrogen-bond donors (Lipinski definition) is 1. The Morgan fingerprint density at radius 1 is 1.62 bits per heavy atom. The van der Waals surface area contributed by atoms with Gasteiger partial charge in [0.15, 0.2) is 5.15 Å². The third-order valence-electron chi connectivity index (χ3n) is 1.78. The van der Waals surface area contributed by atoms with Gasteiger partial charge < -0.3 is 9.72 Å². The van der Waals surface area contributed by atoms with Crippen LogP contribution in [0.4, 0.5) is 0 Å². The molecule has 1 N–H and O–H groups in total. The summed E-state index contributed by atoms with van der Waals surface area (Å²) in [6.45, 7) is 2.02. The van der Waals surface area contributed by atoms with Crippen LogP contribution >= 0.6 is 27.5 Å². The minimum absolute atomic E-state index is 0.00866. The zero-order chi connectivity index (χ0) is 12.1. The summed E-state index contributed by atoms with van der Waals surface area (Å²) in [4.78, 5) is 28.8. The summed E-state index contributed by atoms with van der Waals surface area (Å²) in [5.41, 5.74) is 0.478. The minimum atomic E-state index is -0.469. The van der Waals surface area contributed by atoms with Crippen molar-refractivity contribution in [1.29, 1.82) is 0 Å². The van der Waals surface area contributed by atoms with Gasteiger partial charge in [-0.1, -0.05) is 27.5 Å². The molecule has 7 heteroatoms. The molecule has 0 bridgehead atoms. The first-order chi connectivity index (χ1) is 7.58. The van der Waals surface area contributed by atoms with Crippen molar-refractivity contribution in [2.75, 3.05) is 6.61 Å². The Hall–Kier alpha value is -0.880. The molecule has 1 rings (SSSR count). The molecule has 0 saturated carbocycles. The van der Waals surface area contributed by atoms with E-state index in [-0.39, 0.29) is 11.6 Å². The van der Waals surface area contributed by atoms with Gasteiger partial charge in [0.25, 0.3) is 5.56 Å². The fourth-order valence-electron chi connectivity index (χ4n) is 1.10. The average Bonchev–Trinajstić information content (AvgIpc) is 2.23. The van der Waals surface area contributed by atoms with Gasteiger partial charge in [-0.15, -0.1) is 0 Å². The first-order valence-electron chi connectivity index (χ1n) is 4.57. The van der Waals surface area contributed by atoms with Crippen LogP contribution in [-0.2, 0) is 21.3 Å². The van der Waals surface area contributed by atoms with Gasteiger partial charge in [0.1, 0.15) is 0 Å². The number of rotatable bonds is 4. The maximum Gasteiger partial charge on any atom is 0.311 e. The van der Waals surface area contributed by atoms with Gasteiger partial charge in [-0.25, -0.2) is 4.98 Å². The third-order valence-corrected chi connectivity index (χ3v) is 2.60. The van der Waals surface area contributed by atoms with E-state index in [0.29, 0.717) is 23.3 Å². The van der Waals surface area contributed by atoms with Gasteiger partial charge in [0.05, 0.1) is 24.4 Å². The zero-order valence-electron chi connectivity index (χ0n) is 8.55. The zero-order valence-corrected chi connectivity index (χ0v) is 10.9. The molecular weight excluding hydrogens is 299 g/mol.